The Balaban J connectivity index is 1.24. The molecule has 0 bridgehead atoms. The third-order valence-electron chi connectivity index (χ3n) is 15.0. The highest BCUT2D eigenvalue weighted by Crippen LogP contribution is 2.59. The molecule has 320 valence electrons. The van der Waals surface area contributed by atoms with Gasteiger partial charge >= 0.3 is 6.85 Å². The Morgan fingerprint density at radius 3 is 1.98 bits per heavy atom. The molecule has 0 atom stereocenters. The number of hydrogen-bond acceptors (Lipinski definition) is 4. The molecule has 2 aliphatic heterocycles. The van der Waals surface area contributed by atoms with Crippen molar-refractivity contribution in [3.05, 3.63) is 186 Å². The van der Waals surface area contributed by atoms with Crippen LogP contribution in [0.1, 0.15) is 77.6 Å². The largest absolute Gasteiger partial charge is 0.440 e. The number of nitrogens with zero attached hydrogens (tertiary/aromatic N) is 2. The second-order valence-corrected chi connectivity index (χ2v) is 22.3. The number of anilines is 5. The van der Waals surface area contributed by atoms with E-state index in [4.69, 9.17) is 4.42 Å². The smallest absolute Gasteiger partial charge is 0.337 e. The van der Waals surface area contributed by atoms with E-state index in [1.165, 1.54) is 104 Å². The van der Waals surface area contributed by atoms with Crippen molar-refractivity contribution in [2.45, 2.75) is 71.6 Å². The number of furan rings is 1. The summed E-state index contributed by atoms with van der Waals surface area (Å²) in [6.07, 6.45) is 0. The van der Waals surface area contributed by atoms with Gasteiger partial charge in [0.1, 0.15) is 5.58 Å². The second kappa shape index (κ2) is 13.6. The van der Waals surface area contributed by atoms with E-state index >= 15 is 0 Å². The van der Waals surface area contributed by atoms with Gasteiger partial charge in [0.15, 0.2) is 0 Å². The van der Waals surface area contributed by atoms with E-state index in [0.717, 1.165) is 22.5 Å². The molecule has 2 aromatic heterocycles. The van der Waals surface area contributed by atoms with E-state index < -0.39 is 0 Å². The summed E-state index contributed by atoms with van der Waals surface area (Å²) in [5.41, 5.74) is 20.8. The van der Waals surface area contributed by atoms with E-state index in [2.05, 4.69) is 229 Å². The summed E-state index contributed by atoms with van der Waals surface area (Å²) in [5, 5.41) is 3.70. The lowest BCUT2D eigenvalue weighted by molar-refractivity contribution is 0.590. The zero-order valence-electron chi connectivity index (χ0n) is 38.9. The predicted octanol–water partition coefficient (Wildman–Crippen LogP) is 16.1. The summed E-state index contributed by atoms with van der Waals surface area (Å²) in [6, 6.07) is 61.8. The number of benzene rings is 8. The van der Waals surface area contributed by atoms with Crippen LogP contribution in [0.2, 0.25) is 0 Å². The molecule has 3 nitrogen and oxygen atoms in total. The first-order valence-electron chi connectivity index (χ1n) is 23.5. The van der Waals surface area contributed by atoms with Gasteiger partial charge in [-0.25, -0.2) is 0 Å². The number of thiophene rings is 1. The van der Waals surface area contributed by atoms with Crippen LogP contribution < -0.4 is 20.6 Å². The minimum absolute atomic E-state index is 0.0137. The fourth-order valence-electron chi connectivity index (χ4n) is 11.7. The van der Waals surface area contributed by atoms with Crippen molar-refractivity contribution in [3.8, 4) is 33.4 Å². The predicted molar refractivity (Wildman–Crippen MR) is 283 cm³/mol. The molecule has 0 fully saturated rings. The number of fused-ring (bicyclic) bond motifs is 14. The van der Waals surface area contributed by atoms with Crippen molar-refractivity contribution in [2.24, 2.45) is 0 Å². The van der Waals surface area contributed by atoms with Crippen LogP contribution >= 0.6 is 11.3 Å². The fourth-order valence-corrected chi connectivity index (χ4v) is 12.9. The second-order valence-electron chi connectivity index (χ2n) is 21.3. The average Bonchev–Trinajstić information content (AvgIpc) is 3.96. The van der Waals surface area contributed by atoms with Gasteiger partial charge < -0.3 is 9.23 Å². The van der Waals surface area contributed by atoms with Crippen molar-refractivity contribution >= 4 is 88.9 Å². The van der Waals surface area contributed by atoms with E-state index in [9.17, 15) is 0 Å². The summed E-state index contributed by atoms with van der Waals surface area (Å²) in [7, 11) is 0. The summed E-state index contributed by atoms with van der Waals surface area (Å²) in [5.74, 6) is 0.874. The van der Waals surface area contributed by atoms with E-state index in [1.807, 2.05) is 11.3 Å². The fraction of sp³-hybridized carbons (Fsp3) is 0.180. The van der Waals surface area contributed by atoms with Crippen LogP contribution in [0.25, 0.3) is 64.5 Å². The Hall–Kier alpha value is -6.82. The molecule has 8 aromatic carbocycles. The van der Waals surface area contributed by atoms with Gasteiger partial charge in [-0.2, -0.15) is 0 Å². The molecule has 4 heterocycles. The van der Waals surface area contributed by atoms with Crippen LogP contribution in [0.3, 0.4) is 0 Å². The Morgan fingerprint density at radius 1 is 0.545 bits per heavy atom. The maximum Gasteiger partial charge on any atom is 0.337 e. The van der Waals surface area contributed by atoms with E-state index in [0.29, 0.717) is 0 Å². The maximum absolute atomic E-state index is 7.41. The molecule has 0 saturated carbocycles. The molecule has 5 heteroatoms. The summed E-state index contributed by atoms with van der Waals surface area (Å²) < 4.78 is 9.96. The molecular weight excluding hydrogens is 820 g/mol. The van der Waals surface area contributed by atoms with Gasteiger partial charge in [-0.3, -0.25) is 4.90 Å². The highest BCUT2D eigenvalue weighted by Gasteiger charge is 2.51. The minimum Gasteiger partial charge on any atom is -0.440 e. The number of hydrogen-bond donors (Lipinski definition) is 0. The van der Waals surface area contributed by atoms with Gasteiger partial charge in [-0.1, -0.05) is 171 Å². The molecule has 0 saturated heterocycles. The maximum atomic E-state index is 7.41. The van der Waals surface area contributed by atoms with Crippen molar-refractivity contribution in [1.29, 1.82) is 0 Å². The summed E-state index contributed by atoms with van der Waals surface area (Å²) in [6.45, 7) is 18.5. The summed E-state index contributed by atoms with van der Waals surface area (Å²) in [4.78, 5) is 5.21. The average molecular weight is 871 g/mol. The molecule has 13 rings (SSSR count). The monoisotopic (exact) mass is 870 g/mol. The van der Waals surface area contributed by atoms with Crippen LogP contribution in [0.4, 0.5) is 28.6 Å². The Bertz CT molecular complexity index is 3660. The first kappa shape index (κ1) is 39.5. The van der Waals surface area contributed by atoms with Gasteiger partial charge in [0.25, 0.3) is 0 Å². The number of rotatable bonds is 3. The van der Waals surface area contributed by atoms with Gasteiger partial charge in [0.2, 0.25) is 5.88 Å². The SMILES string of the molecule is CC(C)(C)c1ccc(N2B3c4c(cc5c(sc6ccccc65)c4N(c4ccc(C(C)(C)C)cc4-c4ccccc4)c4oc5ccccc5c43)-c3c2ccc2c3C(C)(C)c3ccccc3-2)cc1. The third-order valence-corrected chi connectivity index (χ3v) is 16.1. The van der Waals surface area contributed by atoms with Crippen LogP contribution in [0.15, 0.2) is 168 Å². The highest BCUT2D eigenvalue weighted by molar-refractivity contribution is 7.26. The van der Waals surface area contributed by atoms with Gasteiger partial charge in [0, 0.05) is 54.2 Å². The summed E-state index contributed by atoms with van der Waals surface area (Å²) >= 11 is 1.91. The van der Waals surface area contributed by atoms with Crippen LogP contribution in [-0.4, -0.2) is 6.85 Å². The Kier molecular flexibility index (Phi) is 8.16. The van der Waals surface area contributed by atoms with Crippen LogP contribution in [0.5, 0.6) is 0 Å². The Morgan fingerprint density at radius 2 is 1.21 bits per heavy atom. The molecule has 0 N–H and O–H groups in total. The molecule has 10 aromatic rings. The minimum atomic E-state index is -0.254. The van der Waals surface area contributed by atoms with Crippen LogP contribution in [0, 0.1) is 0 Å². The quantitative estimate of drug-likeness (QED) is 0.165. The Labute approximate surface area is 392 Å². The lowest BCUT2D eigenvalue weighted by Crippen LogP contribution is -2.61. The lowest BCUT2D eigenvalue weighted by atomic mass is 9.43. The molecule has 66 heavy (non-hydrogen) atoms. The lowest BCUT2D eigenvalue weighted by Gasteiger charge is -2.45. The molecule has 0 amide bonds. The third kappa shape index (κ3) is 5.44. The number of para-hydroxylation sites is 1. The molecule has 0 spiro atoms. The molecular formula is C61H51BN2OS. The first-order chi connectivity index (χ1) is 31.8. The van der Waals surface area contributed by atoms with Gasteiger partial charge in [-0.15, -0.1) is 11.3 Å². The van der Waals surface area contributed by atoms with Gasteiger partial charge in [0.05, 0.1) is 16.1 Å². The normalized spacial score (nSPS) is 14.7. The van der Waals surface area contributed by atoms with Crippen LogP contribution in [-0.2, 0) is 16.2 Å². The standard InChI is InChI=1S/C61H51BN2OS/c1-59(2,3)37-26-29-39(30-27-37)64-49-33-31-42-40-20-12-15-23-47(40)61(7,8)53(42)52(49)46-35-45-41-21-14-17-25-51(41)66-57(45)56-54(46)62(64)55-43-22-13-16-24-50(43)65-58(55)63(56)48-32-28-38(60(4,5)6)34-44(48)36-18-10-9-11-19-36/h9-35H,1-8H3. The van der Waals surface area contributed by atoms with Crippen molar-refractivity contribution in [1.82, 2.24) is 0 Å². The first-order valence-corrected chi connectivity index (χ1v) is 24.3. The molecule has 1 aliphatic carbocycles. The molecule has 3 aliphatic rings. The van der Waals surface area contributed by atoms with Crippen molar-refractivity contribution in [2.75, 3.05) is 9.71 Å². The molecule has 0 unspecified atom stereocenters. The topological polar surface area (TPSA) is 19.6 Å². The zero-order chi connectivity index (χ0) is 45.0. The van der Waals surface area contributed by atoms with Crippen molar-refractivity contribution in [3.63, 3.8) is 0 Å². The molecule has 0 radical (unpaired) electrons. The van der Waals surface area contributed by atoms with Crippen molar-refractivity contribution < 1.29 is 4.42 Å². The zero-order valence-corrected chi connectivity index (χ0v) is 39.7. The highest BCUT2D eigenvalue weighted by atomic mass is 32.1. The van der Waals surface area contributed by atoms with E-state index in [1.54, 1.807) is 0 Å². The van der Waals surface area contributed by atoms with E-state index in [-0.39, 0.29) is 23.1 Å². The van der Waals surface area contributed by atoms with Gasteiger partial charge in [-0.05, 0) is 109 Å².